The van der Waals surface area contributed by atoms with Crippen molar-refractivity contribution in [1.29, 1.82) is 0 Å². The lowest BCUT2D eigenvalue weighted by Gasteiger charge is -2.18. The lowest BCUT2D eigenvalue weighted by atomic mass is 9.93. The van der Waals surface area contributed by atoms with Gasteiger partial charge in [0, 0.05) is 23.2 Å². The summed E-state index contributed by atoms with van der Waals surface area (Å²) in [6.07, 6.45) is 1.62. The van der Waals surface area contributed by atoms with Gasteiger partial charge in [-0.3, -0.25) is 9.59 Å². The number of halogens is 1. The molecular formula is C25H27FN2O4. The molecule has 1 unspecified atom stereocenters. The highest BCUT2D eigenvalue weighted by molar-refractivity contribution is 5.95. The summed E-state index contributed by atoms with van der Waals surface area (Å²) in [7, 11) is 1.21. The zero-order valence-electron chi connectivity index (χ0n) is 18.6. The van der Waals surface area contributed by atoms with E-state index in [9.17, 15) is 19.1 Å². The molecule has 1 atom stereocenters. The maximum absolute atomic E-state index is 13.5. The number of carbonyl (C=O) groups excluding carboxylic acids is 2. The number of esters is 1. The molecule has 0 spiro atoms. The Kier molecular flexibility index (Phi) is 7.20. The van der Waals surface area contributed by atoms with Gasteiger partial charge in [0.15, 0.2) is 0 Å². The number of ether oxygens (including phenoxy) is 1. The van der Waals surface area contributed by atoms with Crippen LogP contribution in [0.1, 0.15) is 49.4 Å². The Morgan fingerprint density at radius 3 is 2.50 bits per heavy atom. The fourth-order valence-electron chi connectivity index (χ4n) is 3.70. The first-order chi connectivity index (χ1) is 15.2. The number of carbonyl (C=O) groups is 2. The molecule has 2 heterocycles. The van der Waals surface area contributed by atoms with E-state index in [2.05, 4.69) is 18.6 Å². The maximum atomic E-state index is 13.5. The van der Waals surface area contributed by atoms with Gasteiger partial charge in [-0.15, -0.1) is 0 Å². The van der Waals surface area contributed by atoms with Crippen LogP contribution in [0.5, 0.6) is 0 Å². The summed E-state index contributed by atoms with van der Waals surface area (Å²) in [4.78, 5) is 23.2. The maximum Gasteiger partial charge on any atom is 0.313 e. The first-order valence-corrected chi connectivity index (χ1v) is 10.4. The Morgan fingerprint density at radius 2 is 1.88 bits per heavy atom. The molecule has 6 nitrogen and oxygen atoms in total. The second-order valence-electron chi connectivity index (χ2n) is 8.03. The number of rotatable bonds is 8. The highest BCUT2D eigenvalue weighted by Gasteiger charge is 2.19. The molecule has 2 aromatic heterocycles. The Labute approximate surface area is 186 Å². The summed E-state index contributed by atoms with van der Waals surface area (Å²) < 4.78 is 19.9. The van der Waals surface area contributed by atoms with Gasteiger partial charge < -0.3 is 9.84 Å². The SMILES string of the molecule is COC(=O)CC(=O)CC(O)C=Cc1c(-c2ccc(F)cc2)nn2c(C)ccc2c1C(C)C. The summed E-state index contributed by atoms with van der Waals surface area (Å²) in [5.74, 6) is -1.25. The molecule has 0 aliphatic heterocycles. The van der Waals surface area contributed by atoms with Crippen molar-refractivity contribution in [3.63, 3.8) is 0 Å². The first kappa shape index (κ1) is 23.3. The number of hydrogen-bond acceptors (Lipinski definition) is 5. The van der Waals surface area contributed by atoms with Crippen LogP contribution in [0.15, 0.2) is 42.5 Å². The number of aliphatic hydroxyl groups excluding tert-OH is 1. The minimum absolute atomic E-state index is 0.131. The highest BCUT2D eigenvalue weighted by atomic mass is 19.1. The van der Waals surface area contributed by atoms with Crippen LogP contribution in [-0.4, -0.2) is 39.7 Å². The lowest BCUT2D eigenvalue weighted by Crippen LogP contribution is -2.15. The number of benzene rings is 1. The molecule has 0 radical (unpaired) electrons. The van der Waals surface area contributed by atoms with Crippen molar-refractivity contribution in [1.82, 2.24) is 9.61 Å². The number of aryl methyl sites for hydroxylation is 1. The molecule has 0 amide bonds. The van der Waals surface area contributed by atoms with Gasteiger partial charge in [0.05, 0.1) is 24.4 Å². The highest BCUT2D eigenvalue weighted by Crippen LogP contribution is 2.34. The second-order valence-corrected chi connectivity index (χ2v) is 8.03. The second kappa shape index (κ2) is 9.87. The van der Waals surface area contributed by atoms with Crippen molar-refractivity contribution in [2.75, 3.05) is 7.11 Å². The molecule has 3 aromatic rings. The molecule has 7 heteroatoms. The van der Waals surface area contributed by atoms with Crippen LogP contribution in [0.4, 0.5) is 4.39 Å². The number of Topliss-reactive ketones (excluding diaryl/α,β-unsaturated/α-hetero) is 1. The summed E-state index contributed by atoms with van der Waals surface area (Å²) in [6.45, 7) is 6.10. The molecule has 0 fully saturated rings. The van der Waals surface area contributed by atoms with Gasteiger partial charge in [0.1, 0.15) is 18.0 Å². The normalized spacial score (nSPS) is 12.6. The Hall–Kier alpha value is -3.32. The third-order valence-electron chi connectivity index (χ3n) is 5.25. The van der Waals surface area contributed by atoms with E-state index in [0.29, 0.717) is 5.69 Å². The molecule has 168 valence electrons. The molecule has 1 aromatic carbocycles. The van der Waals surface area contributed by atoms with Crippen molar-refractivity contribution in [3.8, 4) is 11.3 Å². The average Bonchev–Trinajstić information content (AvgIpc) is 3.11. The van der Waals surface area contributed by atoms with Crippen LogP contribution in [0.25, 0.3) is 22.9 Å². The van der Waals surface area contributed by atoms with Gasteiger partial charge in [-0.05, 0) is 54.8 Å². The number of hydrogen-bond donors (Lipinski definition) is 1. The fraction of sp³-hybridized carbons (Fsp3) is 0.320. The largest absolute Gasteiger partial charge is 0.469 e. The average molecular weight is 438 g/mol. The van der Waals surface area contributed by atoms with Crippen molar-refractivity contribution in [2.45, 2.75) is 45.6 Å². The number of methoxy groups -OCH3 is 1. The van der Waals surface area contributed by atoms with E-state index in [0.717, 1.165) is 27.9 Å². The zero-order valence-corrected chi connectivity index (χ0v) is 18.6. The molecule has 0 saturated heterocycles. The van der Waals surface area contributed by atoms with E-state index < -0.39 is 17.9 Å². The first-order valence-electron chi connectivity index (χ1n) is 10.4. The zero-order chi connectivity index (χ0) is 23.4. The predicted molar refractivity (Wildman–Crippen MR) is 121 cm³/mol. The number of nitrogens with zero attached hydrogens (tertiary/aromatic N) is 2. The quantitative estimate of drug-likeness (QED) is 0.415. The Morgan fingerprint density at radius 1 is 1.19 bits per heavy atom. The van der Waals surface area contributed by atoms with Crippen LogP contribution < -0.4 is 0 Å². The van der Waals surface area contributed by atoms with E-state index in [1.807, 2.05) is 23.6 Å². The monoisotopic (exact) mass is 438 g/mol. The number of fused-ring (bicyclic) bond motifs is 1. The molecule has 1 N–H and O–H groups in total. The molecule has 0 saturated carbocycles. The van der Waals surface area contributed by atoms with E-state index in [-0.39, 0.29) is 24.6 Å². The van der Waals surface area contributed by atoms with E-state index in [1.165, 1.54) is 25.3 Å². The van der Waals surface area contributed by atoms with Gasteiger partial charge in [-0.25, -0.2) is 8.91 Å². The Bertz CT molecular complexity index is 1160. The van der Waals surface area contributed by atoms with E-state index in [4.69, 9.17) is 5.10 Å². The summed E-state index contributed by atoms with van der Waals surface area (Å²) in [6, 6.07) is 10.1. The number of aromatic nitrogens is 2. The molecule has 0 aliphatic rings. The molecule has 0 bridgehead atoms. The third kappa shape index (κ3) is 5.11. The van der Waals surface area contributed by atoms with Gasteiger partial charge in [-0.2, -0.15) is 5.10 Å². The topological polar surface area (TPSA) is 80.9 Å². The standard InChI is InChI=1S/C25H27FN2O4/c1-15(2)24-21(11-10-19(29)13-20(30)14-23(31)32-4)25(17-6-8-18(26)9-7-17)27-28-16(3)5-12-22(24)28/h5-12,15,19,29H,13-14H2,1-4H3. The van der Waals surface area contributed by atoms with Crippen molar-refractivity contribution >= 4 is 23.3 Å². The summed E-state index contributed by atoms with van der Waals surface area (Å²) in [5, 5.41) is 15.2. The fourth-order valence-corrected chi connectivity index (χ4v) is 3.70. The van der Waals surface area contributed by atoms with Crippen LogP contribution >= 0.6 is 0 Å². The van der Waals surface area contributed by atoms with Crippen molar-refractivity contribution in [3.05, 3.63) is 65.1 Å². The third-order valence-corrected chi connectivity index (χ3v) is 5.25. The van der Waals surface area contributed by atoms with Crippen LogP contribution in [0.3, 0.4) is 0 Å². The smallest absolute Gasteiger partial charge is 0.313 e. The van der Waals surface area contributed by atoms with Gasteiger partial charge in [-0.1, -0.05) is 26.0 Å². The van der Waals surface area contributed by atoms with E-state index in [1.54, 1.807) is 18.2 Å². The van der Waals surface area contributed by atoms with Crippen LogP contribution in [-0.2, 0) is 14.3 Å². The molecule has 3 rings (SSSR count). The summed E-state index contributed by atoms with van der Waals surface area (Å²) in [5.41, 5.74) is 5.10. The summed E-state index contributed by atoms with van der Waals surface area (Å²) >= 11 is 0. The van der Waals surface area contributed by atoms with Gasteiger partial charge in [0.2, 0.25) is 0 Å². The number of ketones is 1. The van der Waals surface area contributed by atoms with Crippen molar-refractivity contribution < 1.29 is 23.8 Å². The van der Waals surface area contributed by atoms with Gasteiger partial charge >= 0.3 is 5.97 Å². The minimum atomic E-state index is -1.07. The van der Waals surface area contributed by atoms with Crippen LogP contribution in [0.2, 0.25) is 0 Å². The molecule has 0 aliphatic carbocycles. The lowest BCUT2D eigenvalue weighted by molar-refractivity contribution is -0.143. The Balaban J connectivity index is 2.07. The van der Waals surface area contributed by atoms with Crippen molar-refractivity contribution in [2.24, 2.45) is 0 Å². The van der Waals surface area contributed by atoms with E-state index >= 15 is 0 Å². The molecular weight excluding hydrogens is 411 g/mol. The van der Waals surface area contributed by atoms with Crippen LogP contribution in [0, 0.1) is 12.7 Å². The van der Waals surface area contributed by atoms with Gasteiger partial charge in [0.25, 0.3) is 0 Å². The predicted octanol–water partition coefficient (Wildman–Crippen LogP) is 4.47. The number of aliphatic hydroxyl groups is 1. The minimum Gasteiger partial charge on any atom is -0.469 e. The molecule has 32 heavy (non-hydrogen) atoms.